The Labute approximate surface area is 144 Å². The maximum atomic E-state index is 12.5. The van der Waals surface area contributed by atoms with Crippen molar-refractivity contribution in [1.82, 2.24) is 0 Å². The second kappa shape index (κ2) is 8.50. The van der Waals surface area contributed by atoms with Gasteiger partial charge in [0.1, 0.15) is 0 Å². The molecule has 0 fully saturated rings. The van der Waals surface area contributed by atoms with Crippen molar-refractivity contribution < 1.29 is 9.90 Å². The number of aliphatic hydroxyl groups is 1. The normalized spacial score (nSPS) is 11.8. The molecule has 4 heteroatoms. The molecule has 1 unspecified atom stereocenters. The van der Waals surface area contributed by atoms with E-state index in [-0.39, 0.29) is 5.91 Å². The van der Waals surface area contributed by atoms with E-state index in [1.54, 1.807) is 13.0 Å². The highest BCUT2D eigenvalue weighted by molar-refractivity contribution is 6.04. The number of hydrogen-bond acceptors (Lipinski definition) is 3. The molecule has 0 saturated heterocycles. The highest BCUT2D eigenvalue weighted by Gasteiger charge is 2.12. The molecular weight excluding hydrogens is 300 g/mol. The van der Waals surface area contributed by atoms with Gasteiger partial charge in [-0.3, -0.25) is 4.79 Å². The van der Waals surface area contributed by atoms with Gasteiger partial charge in [-0.25, -0.2) is 0 Å². The summed E-state index contributed by atoms with van der Waals surface area (Å²) in [4.78, 5) is 14.7. The fourth-order valence-electron chi connectivity index (χ4n) is 2.73. The summed E-state index contributed by atoms with van der Waals surface area (Å²) in [6, 6.07) is 14.9. The number of carbonyl (C=O) groups excluding carboxylic acids is 1. The van der Waals surface area contributed by atoms with Crippen LogP contribution in [-0.4, -0.2) is 24.1 Å². The fourth-order valence-corrected chi connectivity index (χ4v) is 2.73. The molecule has 0 aliphatic heterocycles. The van der Waals surface area contributed by atoms with Gasteiger partial charge in [0.25, 0.3) is 5.91 Å². The summed E-state index contributed by atoms with van der Waals surface area (Å²) in [5.74, 6) is -0.173. The lowest BCUT2D eigenvalue weighted by atomic mass is 10.1. The van der Waals surface area contributed by atoms with Crippen LogP contribution in [0.5, 0.6) is 0 Å². The minimum Gasteiger partial charge on any atom is -0.389 e. The second-order valence-electron chi connectivity index (χ2n) is 5.84. The van der Waals surface area contributed by atoms with Crippen LogP contribution >= 0.6 is 0 Å². The third kappa shape index (κ3) is 4.36. The summed E-state index contributed by atoms with van der Waals surface area (Å²) < 4.78 is 0. The molecule has 0 aliphatic rings. The number of hydrogen-bond donors (Lipinski definition) is 2. The minimum atomic E-state index is -0.629. The summed E-state index contributed by atoms with van der Waals surface area (Å²) in [7, 11) is 0. The number of anilines is 2. The summed E-state index contributed by atoms with van der Waals surface area (Å²) in [5, 5.41) is 12.7. The molecule has 2 aromatic carbocycles. The van der Waals surface area contributed by atoms with E-state index in [0.29, 0.717) is 16.8 Å². The maximum absolute atomic E-state index is 12.5. The highest BCUT2D eigenvalue weighted by atomic mass is 16.3. The highest BCUT2D eigenvalue weighted by Crippen LogP contribution is 2.23. The van der Waals surface area contributed by atoms with Crippen LogP contribution in [-0.2, 0) is 0 Å². The van der Waals surface area contributed by atoms with Crippen molar-refractivity contribution in [3.8, 4) is 0 Å². The van der Waals surface area contributed by atoms with Crippen molar-refractivity contribution in [3.05, 3.63) is 59.7 Å². The number of carbonyl (C=O) groups is 1. The number of aliphatic hydroxyl groups excluding tert-OH is 1. The zero-order valence-electron chi connectivity index (χ0n) is 14.6. The van der Waals surface area contributed by atoms with Crippen molar-refractivity contribution in [2.45, 2.75) is 33.3 Å². The number of para-hydroxylation sites is 1. The van der Waals surface area contributed by atoms with E-state index in [1.807, 2.05) is 42.5 Å². The Morgan fingerprint density at radius 3 is 2.38 bits per heavy atom. The van der Waals surface area contributed by atoms with Crippen molar-refractivity contribution in [2.75, 3.05) is 23.3 Å². The van der Waals surface area contributed by atoms with Crippen molar-refractivity contribution >= 4 is 17.3 Å². The quantitative estimate of drug-likeness (QED) is 0.800. The van der Waals surface area contributed by atoms with Crippen LogP contribution in [0.15, 0.2) is 48.5 Å². The lowest BCUT2D eigenvalue weighted by molar-refractivity contribution is 0.102. The molecular formula is C20H26N2O2. The smallest absolute Gasteiger partial charge is 0.255 e. The van der Waals surface area contributed by atoms with Crippen LogP contribution in [0.1, 0.15) is 49.2 Å². The molecule has 0 heterocycles. The first-order valence-electron chi connectivity index (χ1n) is 8.50. The van der Waals surface area contributed by atoms with Crippen LogP contribution in [0, 0.1) is 0 Å². The lowest BCUT2D eigenvalue weighted by Crippen LogP contribution is -2.23. The third-order valence-corrected chi connectivity index (χ3v) is 4.03. The van der Waals surface area contributed by atoms with Gasteiger partial charge in [0, 0.05) is 35.6 Å². The van der Waals surface area contributed by atoms with Gasteiger partial charge < -0.3 is 15.3 Å². The Morgan fingerprint density at radius 2 is 1.79 bits per heavy atom. The molecule has 2 rings (SSSR count). The first-order chi connectivity index (χ1) is 11.6. The molecule has 2 aromatic rings. The van der Waals surface area contributed by atoms with Gasteiger partial charge in [0.15, 0.2) is 0 Å². The molecule has 0 bridgehead atoms. The molecule has 0 radical (unpaired) electrons. The molecule has 0 saturated carbocycles. The first-order valence-corrected chi connectivity index (χ1v) is 8.50. The molecule has 0 aliphatic carbocycles. The van der Waals surface area contributed by atoms with Crippen LogP contribution in [0.25, 0.3) is 0 Å². The van der Waals surface area contributed by atoms with Gasteiger partial charge in [-0.2, -0.15) is 0 Å². The average molecular weight is 326 g/mol. The maximum Gasteiger partial charge on any atom is 0.255 e. The largest absolute Gasteiger partial charge is 0.389 e. The second-order valence-corrected chi connectivity index (χ2v) is 5.84. The number of nitrogens with zero attached hydrogens (tertiary/aromatic N) is 1. The summed E-state index contributed by atoms with van der Waals surface area (Å²) in [6.07, 6.45) is 0.461. The molecule has 0 spiro atoms. The Morgan fingerprint density at radius 1 is 1.12 bits per heavy atom. The Hall–Kier alpha value is -2.33. The zero-order valence-corrected chi connectivity index (χ0v) is 14.6. The monoisotopic (exact) mass is 326 g/mol. The van der Waals surface area contributed by atoms with Gasteiger partial charge in [0.2, 0.25) is 0 Å². The fraction of sp³-hybridized carbons (Fsp3) is 0.350. The van der Waals surface area contributed by atoms with Crippen LogP contribution in [0.2, 0.25) is 0 Å². The predicted octanol–water partition coefficient (Wildman–Crippen LogP) is 4.23. The number of rotatable bonds is 7. The number of nitrogens with one attached hydrogen (secondary N) is 1. The number of amides is 1. The molecule has 4 nitrogen and oxygen atoms in total. The summed E-state index contributed by atoms with van der Waals surface area (Å²) >= 11 is 0. The van der Waals surface area contributed by atoms with Crippen molar-refractivity contribution in [3.63, 3.8) is 0 Å². The molecule has 1 amide bonds. The van der Waals surface area contributed by atoms with Gasteiger partial charge in [-0.15, -0.1) is 0 Å². The Kier molecular flexibility index (Phi) is 6.38. The SMILES string of the molecule is CCCN(CC)c1ccc(C(=O)Nc2ccccc2C(C)O)cc1. The van der Waals surface area contributed by atoms with Gasteiger partial charge in [-0.05, 0) is 50.6 Å². The Balaban J connectivity index is 2.13. The third-order valence-electron chi connectivity index (χ3n) is 4.03. The molecule has 128 valence electrons. The van der Waals surface area contributed by atoms with E-state index in [0.717, 1.165) is 25.2 Å². The summed E-state index contributed by atoms with van der Waals surface area (Å²) in [5.41, 5.74) is 3.08. The minimum absolute atomic E-state index is 0.173. The first kappa shape index (κ1) is 18.0. The predicted molar refractivity (Wildman–Crippen MR) is 99.6 cm³/mol. The van der Waals surface area contributed by atoms with E-state index in [1.165, 1.54) is 0 Å². The van der Waals surface area contributed by atoms with Gasteiger partial charge in [-0.1, -0.05) is 25.1 Å². The summed E-state index contributed by atoms with van der Waals surface area (Å²) in [6.45, 7) is 7.92. The molecule has 24 heavy (non-hydrogen) atoms. The van der Waals surface area contributed by atoms with Gasteiger partial charge in [0.05, 0.1) is 6.10 Å². The van der Waals surface area contributed by atoms with E-state index in [2.05, 4.69) is 24.1 Å². The van der Waals surface area contributed by atoms with Crippen LogP contribution in [0.3, 0.4) is 0 Å². The zero-order chi connectivity index (χ0) is 17.5. The van der Waals surface area contributed by atoms with E-state index < -0.39 is 6.10 Å². The lowest BCUT2D eigenvalue weighted by Gasteiger charge is -2.22. The number of benzene rings is 2. The van der Waals surface area contributed by atoms with Crippen molar-refractivity contribution in [1.29, 1.82) is 0 Å². The van der Waals surface area contributed by atoms with Gasteiger partial charge >= 0.3 is 0 Å². The van der Waals surface area contributed by atoms with Crippen LogP contribution < -0.4 is 10.2 Å². The topological polar surface area (TPSA) is 52.6 Å². The van der Waals surface area contributed by atoms with Crippen LogP contribution in [0.4, 0.5) is 11.4 Å². The standard InChI is InChI=1S/C20H26N2O2/c1-4-14-22(5-2)17-12-10-16(11-13-17)20(24)21-19-9-7-6-8-18(19)15(3)23/h6-13,15,23H,4-5,14H2,1-3H3,(H,21,24). The van der Waals surface area contributed by atoms with Crippen molar-refractivity contribution in [2.24, 2.45) is 0 Å². The van der Waals surface area contributed by atoms with E-state index in [9.17, 15) is 9.90 Å². The molecule has 1 atom stereocenters. The Bertz CT molecular complexity index is 666. The van der Waals surface area contributed by atoms with E-state index >= 15 is 0 Å². The molecule has 0 aromatic heterocycles. The van der Waals surface area contributed by atoms with E-state index in [4.69, 9.17) is 0 Å². The molecule has 2 N–H and O–H groups in total. The average Bonchev–Trinajstić information content (AvgIpc) is 2.60.